The molecule has 0 saturated heterocycles. The molecule has 0 radical (unpaired) electrons. The number of halogens is 3. The maximum Gasteiger partial charge on any atom is 0.126 e. The molecule has 0 bridgehead atoms. The van der Waals surface area contributed by atoms with Crippen LogP contribution in [0.3, 0.4) is 0 Å². The number of hydrogen-bond acceptors (Lipinski definition) is 1. The lowest BCUT2D eigenvalue weighted by molar-refractivity contribution is 0.565. The standard InChI is InChI=1S/C15H15F2N.ClH/c16-14-7-3-1-5-11(14)9-13(18)10-12-6-2-4-8-15(12)17;/h1-8,13H,9-10,18H2;1H. The van der Waals surface area contributed by atoms with Crippen molar-refractivity contribution in [3.05, 3.63) is 71.3 Å². The Hall–Kier alpha value is -1.45. The van der Waals surface area contributed by atoms with Gasteiger partial charge in [-0.1, -0.05) is 36.4 Å². The van der Waals surface area contributed by atoms with Crippen molar-refractivity contribution in [2.75, 3.05) is 0 Å². The van der Waals surface area contributed by atoms with E-state index in [1.54, 1.807) is 36.4 Å². The lowest BCUT2D eigenvalue weighted by Gasteiger charge is -2.12. The molecule has 0 fully saturated rings. The van der Waals surface area contributed by atoms with Crippen molar-refractivity contribution in [1.29, 1.82) is 0 Å². The largest absolute Gasteiger partial charge is 0.327 e. The van der Waals surface area contributed by atoms with Crippen LogP contribution in [0.4, 0.5) is 8.78 Å². The summed E-state index contributed by atoms with van der Waals surface area (Å²) in [7, 11) is 0. The summed E-state index contributed by atoms with van der Waals surface area (Å²) in [6, 6.07) is 12.8. The third-order valence-corrected chi connectivity index (χ3v) is 2.88. The van der Waals surface area contributed by atoms with Gasteiger partial charge in [0.25, 0.3) is 0 Å². The highest BCUT2D eigenvalue weighted by Crippen LogP contribution is 2.13. The molecule has 0 aliphatic rings. The van der Waals surface area contributed by atoms with Crippen LogP contribution in [0.1, 0.15) is 11.1 Å². The topological polar surface area (TPSA) is 26.0 Å². The van der Waals surface area contributed by atoms with Crippen LogP contribution in [0.2, 0.25) is 0 Å². The Bertz CT molecular complexity index is 484. The molecule has 0 amide bonds. The van der Waals surface area contributed by atoms with Crippen LogP contribution in [-0.4, -0.2) is 6.04 Å². The third-order valence-electron chi connectivity index (χ3n) is 2.88. The lowest BCUT2D eigenvalue weighted by atomic mass is 9.99. The third kappa shape index (κ3) is 4.30. The van der Waals surface area contributed by atoms with Gasteiger partial charge < -0.3 is 5.73 Å². The molecule has 2 rings (SSSR count). The molecule has 0 atom stereocenters. The molecule has 19 heavy (non-hydrogen) atoms. The fourth-order valence-corrected chi connectivity index (χ4v) is 1.96. The first kappa shape index (κ1) is 15.6. The molecule has 0 spiro atoms. The highest BCUT2D eigenvalue weighted by Gasteiger charge is 2.10. The van der Waals surface area contributed by atoms with Gasteiger partial charge in [0.2, 0.25) is 0 Å². The van der Waals surface area contributed by atoms with E-state index < -0.39 is 0 Å². The Morgan fingerprint density at radius 2 is 1.16 bits per heavy atom. The van der Waals surface area contributed by atoms with Crippen molar-refractivity contribution >= 4 is 12.4 Å². The molecular formula is C15H16ClF2N. The second kappa shape index (κ2) is 7.22. The van der Waals surface area contributed by atoms with Gasteiger partial charge in [-0.05, 0) is 36.1 Å². The van der Waals surface area contributed by atoms with Crippen molar-refractivity contribution in [2.24, 2.45) is 5.73 Å². The molecule has 2 aromatic rings. The Labute approximate surface area is 117 Å². The molecule has 0 saturated carbocycles. The molecular weight excluding hydrogens is 268 g/mol. The first-order valence-corrected chi connectivity index (χ1v) is 5.89. The zero-order valence-electron chi connectivity index (χ0n) is 10.4. The highest BCUT2D eigenvalue weighted by molar-refractivity contribution is 5.85. The molecule has 1 nitrogen and oxygen atoms in total. The summed E-state index contributed by atoms with van der Waals surface area (Å²) >= 11 is 0. The van der Waals surface area contributed by atoms with E-state index in [1.165, 1.54) is 12.1 Å². The van der Waals surface area contributed by atoms with Crippen LogP contribution in [0.5, 0.6) is 0 Å². The van der Waals surface area contributed by atoms with Gasteiger partial charge in [0.15, 0.2) is 0 Å². The molecule has 102 valence electrons. The average molecular weight is 284 g/mol. The van der Waals surface area contributed by atoms with Crippen molar-refractivity contribution < 1.29 is 8.78 Å². The summed E-state index contributed by atoms with van der Waals surface area (Å²) in [6.45, 7) is 0. The van der Waals surface area contributed by atoms with Gasteiger partial charge in [-0.2, -0.15) is 0 Å². The van der Waals surface area contributed by atoms with Crippen LogP contribution < -0.4 is 5.73 Å². The molecule has 2 N–H and O–H groups in total. The van der Waals surface area contributed by atoms with E-state index >= 15 is 0 Å². The molecule has 0 unspecified atom stereocenters. The summed E-state index contributed by atoms with van der Waals surface area (Å²) in [6.07, 6.45) is 0.808. The maximum atomic E-state index is 13.4. The van der Waals surface area contributed by atoms with Gasteiger partial charge in [-0.25, -0.2) is 8.78 Å². The Kier molecular flexibility index (Phi) is 5.93. The summed E-state index contributed by atoms with van der Waals surface area (Å²) in [5, 5.41) is 0. The lowest BCUT2D eigenvalue weighted by Crippen LogP contribution is -2.26. The van der Waals surface area contributed by atoms with Crippen LogP contribution in [-0.2, 0) is 12.8 Å². The Balaban J connectivity index is 0.00000180. The van der Waals surface area contributed by atoms with Crippen LogP contribution >= 0.6 is 12.4 Å². The van der Waals surface area contributed by atoms with E-state index in [1.807, 2.05) is 0 Å². The average Bonchev–Trinajstić information content (AvgIpc) is 2.35. The Morgan fingerprint density at radius 1 is 0.789 bits per heavy atom. The van der Waals surface area contributed by atoms with Crippen molar-refractivity contribution in [3.8, 4) is 0 Å². The van der Waals surface area contributed by atoms with E-state index in [2.05, 4.69) is 0 Å². The fourth-order valence-electron chi connectivity index (χ4n) is 1.96. The van der Waals surface area contributed by atoms with Crippen molar-refractivity contribution in [3.63, 3.8) is 0 Å². The summed E-state index contributed by atoms with van der Waals surface area (Å²) in [5.74, 6) is -0.525. The highest BCUT2D eigenvalue weighted by atomic mass is 35.5. The molecule has 4 heteroatoms. The van der Waals surface area contributed by atoms with Crippen molar-refractivity contribution in [1.82, 2.24) is 0 Å². The van der Waals surface area contributed by atoms with E-state index in [-0.39, 0.29) is 30.1 Å². The number of benzene rings is 2. The zero-order valence-corrected chi connectivity index (χ0v) is 11.2. The second-order valence-electron chi connectivity index (χ2n) is 4.35. The molecule has 0 aliphatic heterocycles. The van der Waals surface area contributed by atoms with Gasteiger partial charge in [0.05, 0.1) is 0 Å². The van der Waals surface area contributed by atoms with Gasteiger partial charge >= 0.3 is 0 Å². The fraction of sp³-hybridized carbons (Fsp3) is 0.200. The predicted octanol–water partition coefficient (Wildman–Crippen LogP) is 3.50. The molecule has 2 aromatic carbocycles. The van der Waals surface area contributed by atoms with Gasteiger partial charge in [-0.15, -0.1) is 12.4 Å². The van der Waals surface area contributed by atoms with E-state index in [0.717, 1.165) is 0 Å². The van der Waals surface area contributed by atoms with Gasteiger partial charge in [-0.3, -0.25) is 0 Å². The minimum Gasteiger partial charge on any atom is -0.327 e. The smallest absolute Gasteiger partial charge is 0.126 e. The SMILES string of the molecule is Cl.NC(Cc1ccccc1F)Cc1ccccc1F. The number of rotatable bonds is 4. The van der Waals surface area contributed by atoms with E-state index in [4.69, 9.17) is 5.73 Å². The monoisotopic (exact) mass is 283 g/mol. The predicted molar refractivity (Wildman–Crippen MR) is 75.4 cm³/mol. The molecule has 0 aliphatic carbocycles. The normalized spacial score (nSPS) is 10.3. The first-order valence-electron chi connectivity index (χ1n) is 5.89. The minimum atomic E-state index is -0.293. The number of hydrogen-bond donors (Lipinski definition) is 1. The van der Waals surface area contributed by atoms with Gasteiger partial charge in [0, 0.05) is 6.04 Å². The first-order chi connectivity index (χ1) is 8.66. The Morgan fingerprint density at radius 3 is 1.53 bits per heavy atom. The summed E-state index contributed by atoms with van der Waals surface area (Å²) in [5.41, 5.74) is 7.08. The van der Waals surface area contributed by atoms with Crippen LogP contribution in [0.15, 0.2) is 48.5 Å². The summed E-state index contributed by atoms with van der Waals surface area (Å²) in [4.78, 5) is 0. The summed E-state index contributed by atoms with van der Waals surface area (Å²) < 4.78 is 26.9. The van der Waals surface area contributed by atoms with E-state index in [9.17, 15) is 8.78 Å². The number of nitrogens with two attached hydrogens (primary N) is 1. The second-order valence-corrected chi connectivity index (χ2v) is 4.35. The van der Waals surface area contributed by atoms with E-state index in [0.29, 0.717) is 24.0 Å². The van der Waals surface area contributed by atoms with Crippen LogP contribution in [0, 0.1) is 11.6 Å². The van der Waals surface area contributed by atoms with Crippen molar-refractivity contribution in [2.45, 2.75) is 18.9 Å². The molecule has 0 heterocycles. The van der Waals surface area contributed by atoms with Crippen LogP contribution in [0.25, 0.3) is 0 Å². The maximum absolute atomic E-state index is 13.4. The van der Waals surface area contributed by atoms with Gasteiger partial charge in [0.1, 0.15) is 11.6 Å². The zero-order chi connectivity index (χ0) is 13.0. The minimum absolute atomic E-state index is 0. The molecule has 0 aromatic heterocycles. The quantitative estimate of drug-likeness (QED) is 0.913.